The fraction of sp³-hybridized carbons (Fsp3) is 0.710. The Morgan fingerprint density at radius 1 is 1.16 bits per heavy atom. The standard InChI is InChI=1S/C31H47ClN4O7/c1-3-35-20-26(43-31(35)40)27(37)25(17-21-9-5-4-6-10-21)34-29(38)36-15-8-12-23(19-36)28(22-11-7-13-24(32)18-22)42-16-14-33-30(39)41-2/h7,11,13,18,21,23,25-28,37H,3-6,8-10,12,14-17,19-20H2,1-2H3,(H,33,39)(H,34,38)/t23-,25+,26+,27-,28+/m1/s1. The fourth-order valence-corrected chi connectivity index (χ4v) is 6.78. The fourth-order valence-electron chi connectivity index (χ4n) is 6.58. The lowest BCUT2D eigenvalue weighted by Gasteiger charge is -2.39. The molecule has 240 valence electrons. The molecule has 5 atom stereocenters. The number of likely N-dealkylation sites (N-methyl/N-ethyl adjacent to an activating group) is 1. The van der Waals surface area contributed by atoms with Gasteiger partial charge in [-0.2, -0.15) is 0 Å². The Morgan fingerprint density at radius 3 is 2.65 bits per heavy atom. The van der Waals surface area contributed by atoms with Crippen molar-refractivity contribution >= 4 is 29.8 Å². The van der Waals surface area contributed by atoms with E-state index in [0.29, 0.717) is 43.5 Å². The quantitative estimate of drug-likeness (QED) is 0.288. The van der Waals surface area contributed by atoms with Crippen LogP contribution >= 0.6 is 11.6 Å². The number of carbonyl (C=O) groups is 3. The van der Waals surface area contributed by atoms with Gasteiger partial charge in [-0.1, -0.05) is 55.8 Å². The minimum Gasteiger partial charge on any atom is -0.453 e. The lowest BCUT2D eigenvalue weighted by atomic mass is 9.83. The summed E-state index contributed by atoms with van der Waals surface area (Å²) in [5.41, 5.74) is 0.909. The van der Waals surface area contributed by atoms with Gasteiger partial charge in [0, 0.05) is 37.1 Å². The van der Waals surface area contributed by atoms with Crippen LogP contribution in [0.5, 0.6) is 0 Å². The average molecular weight is 623 g/mol. The molecule has 2 saturated heterocycles. The zero-order chi connectivity index (χ0) is 30.8. The van der Waals surface area contributed by atoms with E-state index in [0.717, 1.165) is 44.1 Å². The van der Waals surface area contributed by atoms with Crippen molar-refractivity contribution in [1.82, 2.24) is 20.4 Å². The highest BCUT2D eigenvalue weighted by atomic mass is 35.5. The zero-order valence-electron chi connectivity index (χ0n) is 25.3. The number of aliphatic hydroxyl groups is 1. The van der Waals surface area contributed by atoms with Crippen LogP contribution in [0.1, 0.15) is 70.0 Å². The number of cyclic esters (lactones) is 1. The van der Waals surface area contributed by atoms with Crippen LogP contribution in [0, 0.1) is 11.8 Å². The van der Waals surface area contributed by atoms with Gasteiger partial charge in [0.05, 0.1) is 32.4 Å². The van der Waals surface area contributed by atoms with Gasteiger partial charge in [-0.05, 0) is 49.8 Å². The number of ether oxygens (including phenoxy) is 3. The van der Waals surface area contributed by atoms with Crippen molar-refractivity contribution in [3.05, 3.63) is 34.9 Å². The maximum absolute atomic E-state index is 13.7. The highest BCUT2D eigenvalue weighted by Crippen LogP contribution is 2.34. The Balaban J connectivity index is 1.44. The summed E-state index contributed by atoms with van der Waals surface area (Å²) in [5.74, 6) is 0.396. The number of hydrogen-bond donors (Lipinski definition) is 3. The van der Waals surface area contributed by atoms with Gasteiger partial charge < -0.3 is 39.8 Å². The normalized spacial score (nSPS) is 23.3. The zero-order valence-corrected chi connectivity index (χ0v) is 26.1. The van der Waals surface area contributed by atoms with Gasteiger partial charge in [-0.25, -0.2) is 14.4 Å². The first kappa shape index (κ1) is 33.1. The number of alkyl carbamates (subject to hydrolysis) is 1. The summed E-state index contributed by atoms with van der Waals surface area (Å²) in [6, 6.07) is 6.75. The molecule has 3 aliphatic rings. The highest BCUT2D eigenvalue weighted by Gasteiger charge is 2.41. The number of nitrogens with one attached hydrogen (secondary N) is 2. The van der Waals surface area contributed by atoms with E-state index in [9.17, 15) is 19.5 Å². The van der Waals surface area contributed by atoms with Crippen molar-refractivity contribution in [2.45, 2.75) is 82.6 Å². The van der Waals surface area contributed by atoms with E-state index in [1.54, 1.807) is 15.9 Å². The Bertz CT molecular complexity index is 1070. The summed E-state index contributed by atoms with van der Waals surface area (Å²) < 4.78 is 16.4. The molecule has 4 amide bonds. The number of nitrogens with zero attached hydrogens (tertiary/aromatic N) is 2. The summed E-state index contributed by atoms with van der Waals surface area (Å²) in [4.78, 5) is 40.8. The van der Waals surface area contributed by atoms with Crippen LogP contribution in [0.3, 0.4) is 0 Å². The van der Waals surface area contributed by atoms with E-state index >= 15 is 0 Å². The molecule has 11 nitrogen and oxygen atoms in total. The number of rotatable bonds is 12. The molecule has 4 rings (SSSR count). The van der Waals surface area contributed by atoms with Crippen LogP contribution in [0.2, 0.25) is 5.02 Å². The van der Waals surface area contributed by atoms with E-state index < -0.39 is 30.4 Å². The molecule has 0 radical (unpaired) electrons. The molecular formula is C31H47ClN4O7. The summed E-state index contributed by atoms with van der Waals surface area (Å²) >= 11 is 6.32. The number of carbonyl (C=O) groups excluding carboxylic acids is 3. The van der Waals surface area contributed by atoms with E-state index in [4.69, 9.17) is 21.1 Å². The smallest absolute Gasteiger partial charge is 0.410 e. The molecule has 43 heavy (non-hydrogen) atoms. The van der Waals surface area contributed by atoms with E-state index in [1.807, 2.05) is 25.1 Å². The molecule has 0 spiro atoms. The SMILES string of the molecule is CCN1C[C@@H]([C@H](O)[C@H](CC2CCCCC2)NC(=O)N2CCC[C@@H]([C@@H](OCCNC(=O)OC)c3cccc(Cl)c3)C2)OC1=O. The summed E-state index contributed by atoms with van der Waals surface area (Å²) in [6.45, 7) is 4.28. The number of halogens is 1. The number of amides is 4. The molecule has 3 N–H and O–H groups in total. The second-order valence-corrected chi connectivity index (χ2v) is 12.3. The number of piperidine rings is 1. The summed E-state index contributed by atoms with van der Waals surface area (Å²) in [5, 5.41) is 17.8. The second kappa shape index (κ2) is 16.4. The van der Waals surface area contributed by atoms with Gasteiger partial charge in [0.25, 0.3) is 0 Å². The number of benzene rings is 1. The number of methoxy groups -OCH3 is 1. The van der Waals surface area contributed by atoms with Crippen LogP contribution in [-0.4, -0.2) is 97.8 Å². The van der Waals surface area contributed by atoms with E-state index in [2.05, 4.69) is 15.4 Å². The summed E-state index contributed by atoms with van der Waals surface area (Å²) in [7, 11) is 1.31. The first-order valence-corrected chi connectivity index (χ1v) is 16.0. The van der Waals surface area contributed by atoms with Crippen molar-refractivity contribution in [1.29, 1.82) is 0 Å². The number of aliphatic hydroxyl groups excluding tert-OH is 1. The maximum Gasteiger partial charge on any atom is 0.410 e. The molecule has 3 fully saturated rings. The Kier molecular flexibility index (Phi) is 12.6. The van der Waals surface area contributed by atoms with Crippen LogP contribution < -0.4 is 10.6 Å². The predicted molar refractivity (Wildman–Crippen MR) is 162 cm³/mol. The van der Waals surface area contributed by atoms with Crippen LogP contribution in [0.25, 0.3) is 0 Å². The molecule has 1 saturated carbocycles. The molecular weight excluding hydrogens is 576 g/mol. The first-order valence-electron chi connectivity index (χ1n) is 15.7. The number of likely N-dealkylation sites (tertiary alicyclic amines) is 1. The van der Waals surface area contributed by atoms with Crippen LogP contribution in [0.15, 0.2) is 24.3 Å². The van der Waals surface area contributed by atoms with Crippen molar-refractivity contribution < 1.29 is 33.7 Å². The van der Waals surface area contributed by atoms with Gasteiger partial charge in [0.1, 0.15) is 12.2 Å². The highest BCUT2D eigenvalue weighted by molar-refractivity contribution is 6.30. The maximum atomic E-state index is 13.7. The van der Waals surface area contributed by atoms with Crippen molar-refractivity contribution in [2.24, 2.45) is 11.8 Å². The van der Waals surface area contributed by atoms with Gasteiger partial charge >= 0.3 is 18.2 Å². The Morgan fingerprint density at radius 2 is 1.95 bits per heavy atom. The third kappa shape index (κ3) is 9.36. The van der Waals surface area contributed by atoms with Gasteiger partial charge in [0.2, 0.25) is 0 Å². The Hall–Kier alpha value is -2.76. The van der Waals surface area contributed by atoms with E-state index in [-0.39, 0.29) is 31.2 Å². The predicted octanol–water partition coefficient (Wildman–Crippen LogP) is 4.72. The largest absolute Gasteiger partial charge is 0.453 e. The Labute approximate surface area is 259 Å². The lowest BCUT2D eigenvalue weighted by molar-refractivity contribution is -0.0114. The second-order valence-electron chi connectivity index (χ2n) is 11.9. The van der Waals surface area contributed by atoms with Gasteiger partial charge in [0.15, 0.2) is 0 Å². The molecule has 1 aromatic rings. The number of urea groups is 1. The monoisotopic (exact) mass is 622 g/mol. The summed E-state index contributed by atoms with van der Waals surface area (Å²) in [6.07, 6.45) is 4.96. The van der Waals surface area contributed by atoms with Gasteiger partial charge in [-0.15, -0.1) is 0 Å². The van der Waals surface area contributed by atoms with E-state index in [1.165, 1.54) is 13.5 Å². The molecule has 0 unspecified atom stereocenters. The first-order chi connectivity index (χ1) is 20.8. The van der Waals surface area contributed by atoms with Gasteiger partial charge in [-0.3, -0.25) is 0 Å². The molecule has 12 heteroatoms. The molecule has 1 aromatic carbocycles. The molecule has 2 aliphatic heterocycles. The van der Waals surface area contributed by atoms with Crippen LogP contribution in [-0.2, 0) is 14.2 Å². The number of hydrogen-bond acceptors (Lipinski definition) is 7. The molecule has 2 heterocycles. The van der Waals surface area contributed by atoms with Crippen molar-refractivity contribution in [3.63, 3.8) is 0 Å². The molecule has 1 aliphatic carbocycles. The minimum atomic E-state index is -1.00. The minimum absolute atomic E-state index is 0.00768. The van der Waals surface area contributed by atoms with Crippen molar-refractivity contribution in [3.8, 4) is 0 Å². The van der Waals surface area contributed by atoms with Crippen molar-refractivity contribution in [2.75, 3.05) is 46.4 Å². The third-order valence-electron chi connectivity index (χ3n) is 8.91. The third-order valence-corrected chi connectivity index (χ3v) is 9.15. The van der Waals surface area contributed by atoms with Crippen LogP contribution in [0.4, 0.5) is 14.4 Å². The molecule has 0 bridgehead atoms. The molecule has 0 aromatic heterocycles. The average Bonchev–Trinajstić information content (AvgIpc) is 3.41. The lowest BCUT2D eigenvalue weighted by Crippen LogP contribution is -2.55. The topological polar surface area (TPSA) is 130 Å².